The third kappa shape index (κ3) is 4.13. The Labute approximate surface area is 99.6 Å². The smallest absolute Gasteiger partial charge is 0.171 e. The van der Waals surface area contributed by atoms with Gasteiger partial charge in [-0.1, -0.05) is 17.3 Å². The minimum Gasteiger partial charge on any atom is -0.380 e. The highest BCUT2D eigenvalue weighted by atomic mass is 19.1. The van der Waals surface area contributed by atoms with Gasteiger partial charge in [0, 0.05) is 13.1 Å². The number of halogens is 1. The highest BCUT2D eigenvalue weighted by Gasteiger charge is 2.09. The number of oxime groups is 1. The van der Waals surface area contributed by atoms with E-state index in [1.165, 1.54) is 12.1 Å². The van der Waals surface area contributed by atoms with Crippen molar-refractivity contribution in [2.75, 3.05) is 33.0 Å². The van der Waals surface area contributed by atoms with Crippen LogP contribution in [0.5, 0.6) is 0 Å². The number of ether oxygens (including phenoxy) is 1. The number of rotatable bonds is 4. The van der Waals surface area contributed by atoms with Crippen LogP contribution in [0.4, 0.5) is 4.39 Å². The molecule has 0 bridgehead atoms. The molecule has 0 aromatic heterocycles. The van der Waals surface area contributed by atoms with Gasteiger partial charge in [0.2, 0.25) is 0 Å². The fraction of sp³-hybridized carbons (Fsp3) is 0.417. The summed E-state index contributed by atoms with van der Waals surface area (Å²) in [4.78, 5) is 7.27. The highest BCUT2D eigenvalue weighted by molar-refractivity contribution is 5.78. The standard InChI is InChI=1S/C12H15FN2O2/c13-12-3-1-11(2-4-12)9-14-17-10-15-5-7-16-8-6-15/h1-4,9H,5-8,10H2. The average Bonchev–Trinajstić information content (AvgIpc) is 2.38. The van der Waals surface area contributed by atoms with Gasteiger partial charge in [0.25, 0.3) is 0 Å². The summed E-state index contributed by atoms with van der Waals surface area (Å²) in [5, 5.41) is 3.84. The average molecular weight is 238 g/mol. The van der Waals surface area contributed by atoms with E-state index in [2.05, 4.69) is 10.1 Å². The van der Waals surface area contributed by atoms with Crippen molar-refractivity contribution >= 4 is 6.21 Å². The van der Waals surface area contributed by atoms with Crippen LogP contribution in [0.15, 0.2) is 29.4 Å². The number of hydrogen-bond donors (Lipinski definition) is 0. The SMILES string of the molecule is Fc1ccc(C=NOCN2CCOCC2)cc1. The van der Waals surface area contributed by atoms with Crippen molar-refractivity contribution in [3.63, 3.8) is 0 Å². The van der Waals surface area contributed by atoms with Crippen LogP contribution in [0.3, 0.4) is 0 Å². The van der Waals surface area contributed by atoms with Crippen LogP contribution >= 0.6 is 0 Å². The van der Waals surface area contributed by atoms with Gasteiger partial charge in [-0.3, -0.25) is 4.90 Å². The Bertz CT molecular complexity index is 361. The third-order valence-corrected chi connectivity index (χ3v) is 2.49. The Morgan fingerprint density at radius 2 is 2.00 bits per heavy atom. The Morgan fingerprint density at radius 3 is 2.71 bits per heavy atom. The normalized spacial score (nSPS) is 17.5. The first-order chi connectivity index (χ1) is 8.34. The van der Waals surface area contributed by atoms with E-state index in [-0.39, 0.29) is 5.82 Å². The van der Waals surface area contributed by atoms with Gasteiger partial charge < -0.3 is 9.57 Å². The van der Waals surface area contributed by atoms with Gasteiger partial charge in [-0.2, -0.15) is 0 Å². The molecule has 0 atom stereocenters. The van der Waals surface area contributed by atoms with Gasteiger partial charge in [-0.15, -0.1) is 0 Å². The minimum atomic E-state index is -0.253. The number of nitrogens with zero attached hydrogens (tertiary/aromatic N) is 2. The molecular weight excluding hydrogens is 223 g/mol. The maximum atomic E-state index is 12.6. The molecule has 0 saturated carbocycles. The molecule has 17 heavy (non-hydrogen) atoms. The Morgan fingerprint density at radius 1 is 1.29 bits per heavy atom. The van der Waals surface area contributed by atoms with Gasteiger partial charge in [0.1, 0.15) is 5.82 Å². The second-order valence-electron chi connectivity index (χ2n) is 3.77. The summed E-state index contributed by atoms with van der Waals surface area (Å²) in [7, 11) is 0. The van der Waals surface area contributed by atoms with Crippen molar-refractivity contribution < 1.29 is 14.0 Å². The van der Waals surface area contributed by atoms with Gasteiger partial charge in [-0.05, 0) is 17.7 Å². The summed E-state index contributed by atoms with van der Waals surface area (Å²) in [5.74, 6) is -0.253. The van der Waals surface area contributed by atoms with E-state index in [0.717, 1.165) is 31.9 Å². The van der Waals surface area contributed by atoms with E-state index < -0.39 is 0 Å². The van der Waals surface area contributed by atoms with Gasteiger partial charge in [0.15, 0.2) is 6.73 Å². The topological polar surface area (TPSA) is 34.1 Å². The maximum Gasteiger partial charge on any atom is 0.171 e. The van der Waals surface area contributed by atoms with Crippen molar-refractivity contribution in [3.05, 3.63) is 35.6 Å². The lowest BCUT2D eigenvalue weighted by Gasteiger charge is -2.24. The second kappa shape index (κ2) is 6.32. The molecule has 0 unspecified atom stereocenters. The second-order valence-corrected chi connectivity index (χ2v) is 3.77. The van der Waals surface area contributed by atoms with Crippen LogP contribution < -0.4 is 0 Å². The van der Waals surface area contributed by atoms with Gasteiger partial charge in [-0.25, -0.2) is 4.39 Å². The van der Waals surface area contributed by atoms with Crippen molar-refractivity contribution in [3.8, 4) is 0 Å². The molecule has 1 saturated heterocycles. The largest absolute Gasteiger partial charge is 0.380 e. The van der Waals surface area contributed by atoms with E-state index in [1.807, 2.05) is 0 Å². The van der Waals surface area contributed by atoms with Crippen molar-refractivity contribution in [1.29, 1.82) is 0 Å². The third-order valence-electron chi connectivity index (χ3n) is 2.49. The summed E-state index contributed by atoms with van der Waals surface area (Å²) in [6.07, 6.45) is 1.57. The molecule has 4 nitrogen and oxygen atoms in total. The first kappa shape index (κ1) is 12.0. The molecule has 1 heterocycles. The molecular formula is C12H15FN2O2. The molecule has 1 fully saturated rings. The molecule has 0 radical (unpaired) electrons. The molecule has 5 heteroatoms. The lowest BCUT2D eigenvalue weighted by Crippen LogP contribution is -2.37. The first-order valence-corrected chi connectivity index (χ1v) is 5.55. The van der Waals surface area contributed by atoms with Crippen LogP contribution in [-0.2, 0) is 9.57 Å². The number of hydrogen-bond acceptors (Lipinski definition) is 4. The Balaban J connectivity index is 1.72. The maximum absolute atomic E-state index is 12.6. The Kier molecular flexibility index (Phi) is 4.46. The van der Waals surface area contributed by atoms with Crippen molar-refractivity contribution in [1.82, 2.24) is 4.90 Å². The molecule has 0 aliphatic carbocycles. The lowest BCUT2D eigenvalue weighted by molar-refractivity contribution is -0.0309. The van der Waals surface area contributed by atoms with Gasteiger partial charge >= 0.3 is 0 Å². The van der Waals surface area contributed by atoms with E-state index in [0.29, 0.717) is 6.73 Å². The summed E-state index contributed by atoms with van der Waals surface area (Å²) in [5.41, 5.74) is 0.813. The van der Waals surface area contributed by atoms with Crippen LogP contribution in [-0.4, -0.2) is 44.1 Å². The van der Waals surface area contributed by atoms with E-state index in [9.17, 15) is 4.39 Å². The lowest BCUT2D eigenvalue weighted by atomic mass is 10.2. The predicted octanol–water partition coefficient (Wildman–Crippen LogP) is 1.47. The Hall–Kier alpha value is -1.46. The first-order valence-electron chi connectivity index (χ1n) is 5.55. The molecule has 0 amide bonds. The van der Waals surface area contributed by atoms with Gasteiger partial charge in [0.05, 0.1) is 19.4 Å². The minimum absolute atomic E-state index is 0.253. The van der Waals surface area contributed by atoms with Crippen molar-refractivity contribution in [2.24, 2.45) is 5.16 Å². The molecule has 0 N–H and O–H groups in total. The fourth-order valence-corrected chi connectivity index (χ4v) is 1.49. The zero-order valence-corrected chi connectivity index (χ0v) is 9.51. The highest BCUT2D eigenvalue weighted by Crippen LogP contribution is 2.00. The van der Waals surface area contributed by atoms with E-state index >= 15 is 0 Å². The van der Waals surface area contributed by atoms with Crippen LogP contribution in [0.1, 0.15) is 5.56 Å². The molecule has 1 aliphatic rings. The monoisotopic (exact) mass is 238 g/mol. The molecule has 2 rings (SSSR count). The fourth-order valence-electron chi connectivity index (χ4n) is 1.49. The molecule has 1 aromatic rings. The van der Waals surface area contributed by atoms with Crippen molar-refractivity contribution in [2.45, 2.75) is 0 Å². The summed E-state index contributed by atoms with van der Waals surface area (Å²) in [6.45, 7) is 3.68. The molecule has 0 spiro atoms. The molecule has 1 aliphatic heterocycles. The van der Waals surface area contributed by atoms with E-state index in [4.69, 9.17) is 9.57 Å². The zero-order valence-electron chi connectivity index (χ0n) is 9.51. The van der Waals surface area contributed by atoms with Crippen LogP contribution in [0.25, 0.3) is 0 Å². The van der Waals surface area contributed by atoms with Crippen LogP contribution in [0.2, 0.25) is 0 Å². The zero-order chi connectivity index (χ0) is 11.9. The molecule has 1 aromatic carbocycles. The summed E-state index contributed by atoms with van der Waals surface area (Å²) < 4.78 is 17.8. The molecule has 92 valence electrons. The number of benzene rings is 1. The predicted molar refractivity (Wildman–Crippen MR) is 62.3 cm³/mol. The van der Waals surface area contributed by atoms with Crippen LogP contribution in [0, 0.1) is 5.82 Å². The quantitative estimate of drug-likeness (QED) is 0.588. The summed E-state index contributed by atoms with van der Waals surface area (Å²) in [6, 6.07) is 6.08. The number of morpholine rings is 1. The summed E-state index contributed by atoms with van der Waals surface area (Å²) >= 11 is 0. The van der Waals surface area contributed by atoms with E-state index in [1.54, 1.807) is 18.3 Å².